The molecule has 5 heteroatoms. The number of anilines is 1. The van der Waals surface area contributed by atoms with Crippen LogP contribution in [0.5, 0.6) is 0 Å². The Morgan fingerprint density at radius 1 is 1.26 bits per heavy atom. The average molecular weight is 337 g/mol. The SMILES string of the molecule is CSc1ccc(NC2CCCC2CNC(=O)OC(C)(C)C)cc1. The summed E-state index contributed by atoms with van der Waals surface area (Å²) in [5.41, 5.74) is 0.702. The van der Waals surface area contributed by atoms with E-state index in [0.29, 0.717) is 18.5 Å². The Bertz CT molecular complexity index is 511. The lowest BCUT2D eigenvalue weighted by molar-refractivity contribution is 0.0519. The van der Waals surface area contributed by atoms with E-state index in [9.17, 15) is 4.79 Å². The largest absolute Gasteiger partial charge is 0.444 e. The maximum absolute atomic E-state index is 11.8. The molecule has 0 saturated heterocycles. The van der Waals surface area contributed by atoms with E-state index in [1.54, 1.807) is 11.8 Å². The van der Waals surface area contributed by atoms with Crippen molar-refractivity contribution in [2.45, 2.75) is 56.6 Å². The number of carbonyl (C=O) groups is 1. The van der Waals surface area contributed by atoms with Crippen molar-refractivity contribution >= 4 is 23.5 Å². The van der Waals surface area contributed by atoms with Gasteiger partial charge in [0, 0.05) is 23.2 Å². The molecule has 1 fully saturated rings. The first kappa shape index (κ1) is 18.0. The van der Waals surface area contributed by atoms with E-state index in [2.05, 4.69) is 41.2 Å². The Hall–Kier alpha value is -1.36. The number of ether oxygens (including phenoxy) is 1. The molecule has 1 aromatic rings. The zero-order valence-corrected chi connectivity index (χ0v) is 15.3. The predicted molar refractivity (Wildman–Crippen MR) is 97.2 cm³/mol. The molecule has 0 aliphatic heterocycles. The van der Waals surface area contributed by atoms with Gasteiger partial charge in [0.15, 0.2) is 0 Å². The fraction of sp³-hybridized carbons (Fsp3) is 0.611. The van der Waals surface area contributed by atoms with Crippen molar-refractivity contribution in [3.05, 3.63) is 24.3 Å². The minimum atomic E-state index is -0.448. The Morgan fingerprint density at radius 2 is 1.96 bits per heavy atom. The molecule has 1 aromatic carbocycles. The van der Waals surface area contributed by atoms with Crippen LogP contribution in [-0.4, -0.2) is 30.5 Å². The molecule has 4 nitrogen and oxygen atoms in total. The highest BCUT2D eigenvalue weighted by molar-refractivity contribution is 7.98. The Labute approximate surface area is 143 Å². The molecule has 1 aliphatic carbocycles. The van der Waals surface area contributed by atoms with Crippen LogP contribution in [0.2, 0.25) is 0 Å². The first-order valence-corrected chi connectivity index (χ1v) is 9.47. The summed E-state index contributed by atoms with van der Waals surface area (Å²) in [6.07, 6.45) is 5.23. The highest BCUT2D eigenvalue weighted by Gasteiger charge is 2.28. The highest BCUT2D eigenvalue weighted by Crippen LogP contribution is 2.29. The average Bonchev–Trinajstić information content (AvgIpc) is 2.91. The van der Waals surface area contributed by atoms with E-state index in [1.807, 2.05) is 20.8 Å². The number of nitrogens with one attached hydrogen (secondary N) is 2. The Morgan fingerprint density at radius 3 is 2.57 bits per heavy atom. The standard InChI is InChI=1S/C18H28N2O2S/c1-18(2,3)22-17(21)19-12-13-6-5-7-16(13)20-14-8-10-15(23-4)11-9-14/h8-11,13,16,20H,5-7,12H2,1-4H3,(H,19,21). The third kappa shape index (κ3) is 5.98. The van der Waals surface area contributed by atoms with E-state index >= 15 is 0 Å². The van der Waals surface area contributed by atoms with Gasteiger partial charge in [-0.15, -0.1) is 11.8 Å². The lowest BCUT2D eigenvalue weighted by Crippen LogP contribution is -2.38. The second kappa shape index (κ2) is 7.95. The number of hydrogen-bond acceptors (Lipinski definition) is 4. The molecule has 2 rings (SSSR count). The van der Waals surface area contributed by atoms with Crippen molar-refractivity contribution < 1.29 is 9.53 Å². The zero-order valence-electron chi connectivity index (χ0n) is 14.5. The molecule has 2 unspecified atom stereocenters. The van der Waals surface area contributed by atoms with Gasteiger partial charge < -0.3 is 15.4 Å². The van der Waals surface area contributed by atoms with E-state index in [4.69, 9.17) is 4.74 Å². The van der Waals surface area contributed by atoms with Gasteiger partial charge in [-0.3, -0.25) is 0 Å². The summed E-state index contributed by atoms with van der Waals surface area (Å²) in [5.74, 6) is 0.447. The second-order valence-corrected chi connectivity index (χ2v) is 7.93. The van der Waals surface area contributed by atoms with E-state index < -0.39 is 5.60 Å². The molecular weight excluding hydrogens is 308 g/mol. The van der Waals surface area contributed by atoms with Crippen LogP contribution in [-0.2, 0) is 4.74 Å². The number of carbonyl (C=O) groups excluding carboxylic acids is 1. The minimum absolute atomic E-state index is 0.326. The van der Waals surface area contributed by atoms with E-state index in [1.165, 1.54) is 11.3 Å². The molecule has 0 bridgehead atoms. The zero-order chi connectivity index (χ0) is 16.9. The number of hydrogen-bond donors (Lipinski definition) is 2. The van der Waals surface area contributed by atoms with Crippen LogP contribution in [0.25, 0.3) is 0 Å². The lowest BCUT2D eigenvalue weighted by Gasteiger charge is -2.24. The van der Waals surface area contributed by atoms with Crippen LogP contribution < -0.4 is 10.6 Å². The second-order valence-electron chi connectivity index (χ2n) is 7.05. The highest BCUT2D eigenvalue weighted by atomic mass is 32.2. The van der Waals surface area contributed by atoms with Crippen molar-refractivity contribution in [3.8, 4) is 0 Å². The first-order valence-electron chi connectivity index (χ1n) is 8.25. The molecule has 0 aromatic heterocycles. The lowest BCUT2D eigenvalue weighted by atomic mass is 10.0. The molecule has 1 saturated carbocycles. The number of thioether (sulfide) groups is 1. The maximum Gasteiger partial charge on any atom is 0.407 e. The van der Waals surface area contributed by atoms with Gasteiger partial charge in [-0.25, -0.2) is 4.79 Å². The van der Waals surface area contributed by atoms with E-state index in [0.717, 1.165) is 18.5 Å². The summed E-state index contributed by atoms with van der Waals surface area (Å²) in [7, 11) is 0. The van der Waals surface area contributed by atoms with Crippen LogP contribution in [0, 0.1) is 5.92 Å². The van der Waals surface area contributed by atoms with Crippen molar-refractivity contribution in [3.63, 3.8) is 0 Å². The van der Waals surface area contributed by atoms with Crippen LogP contribution in [0.15, 0.2) is 29.2 Å². The molecule has 1 amide bonds. The molecule has 1 aliphatic rings. The normalized spacial score (nSPS) is 21.0. The molecule has 2 atom stereocenters. The molecular formula is C18H28N2O2S. The van der Waals surface area contributed by atoms with Crippen LogP contribution in [0.4, 0.5) is 10.5 Å². The number of rotatable bonds is 5. The summed E-state index contributed by atoms with van der Waals surface area (Å²) in [6.45, 7) is 6.30. The van der Waals surface area contributed by atoms with Gasteiger partial charge in [-0.2, -0.15) is 0 Å². The molecule has 23 heavy (non-hydrogen) atoms. The van der Waals surface area contributed by atoms with Crippen molar-refractivity contribution in [1.29, 1.82) is 0 Å². The van der Waals surface area contributed by atoms with Crippen molar-refractivity contribution in [2.24, 2.45) is 5.92 Å². The minimum Gasteiger partial charge on any atom is -0.444 e. The number of amides is 1. The van der Waals surface area contributed by atoms with Crippen LogP contribution >= 0.6 is 11.8 Å². The monoisotopic (exact) mass is 336 g/mol. The number of alkyl carbamates (subject to hydrolysis) is 1. The quantitative estimate of drug-likeness (QED) is 0.777. The van der Waals surface area contributed by atoms with Gasteiger partial charge in [0.05, 0.1) is 0 Å². The summed E-state index contributed by atoms with van der Waals surface area (Å²) in [5, 5.41) is 6.52. The van der Waals surface area contributed by atoms with Gasteiger partial charge in [0.1, 0.15) is 5.60 Å². The summed E-state index contributed by atoms with van der Waals surface area (Å²) in [6, 6.07) is 8.93. The fourth-order valence-electron chi connectivity index (χ4n) is 2.90. The maximum atomic E-state index is 11.8. The van der Waals surface area contributed by atoms with Crippen LogP contribution in [0.3, 0.4) is 0 Å². The molecule has 2 N–H and O–H groups in total. The fourth-order valence-corrected chi connectivity index (χ4v) is 3.31. The Balaban J connectivity index is 1.83. The van der Waals surface area contributed by atoms with Gasteiger partial charge in [0.2, 0.25) is 0 Å². The summed E-state index contributed by atoms with van der Waals surface area (Å²) >= 11 is 1.75. The van der Waals surface area contributed by atoms with Gasteiger partial charge in [-0.05, 0) is 70.1 Å². The van der Waals surface area contributed by atoms with Crippen LogP contribution in [0.1, 0.15) is 40.0 Å². The predicted octanol–water partition coefficient (Wildman–Crippen LogP) is 4.51. The topological polar surface area (TPSA) is 50.4 Å². The van der Waals surface area contributed by atoms with Gasteiger partial charge >= 0.3 is 6.09 Å². The molecule has 0 radical (unpaired) electrons. The smallest absolute Gasteiger partial charge is 0.407 e. The molecule has 128 valence electrons. The third-order valence-electron chi connectivity index (χ3n) is 4.01. The van der Waals surface area contributed by atoms with Gasteiger partial charge in [-0.1, -0.05) is 6.42 Å². The van der Waals surface area contributed by atoms with Gasteiger partial charge in [0.25, 0.3) is 0 Å². The van der Waals surface area contributed by atoms with E-state index in [-0.39, 0.29) is 6.09 Å². The third-order valence-corrected chi connectivity index (χ3v) is 4.75. The molecule has 0 spiro atoms. The summed E-state index contributed by atoms with van der Waals surface area (Å²) < 4.78 is 5.30. The summed E-state index contributed by atoms with van der Waals surface area (Å²) in [4.78, 5) is 13.1. The number of benzene rings is 1. The molecule has 0 heterocycles. The van der Waals surface area contributed by atoms with Crippen molar-refractivity contribution in [1.82, 2.24) is 5.32 Å². The van der Waals surface area contributed by atoms with Crippen molar-refractivity contribution in [2.75, 3.05) is 18.1 Å². The Kier molecular flexibility index (Phi) is 6.22. The first-order chi connectivity index (χ1) is 10.9.